The minimum atomic E-state index is -0.732. The van der Waals surface area contributed by atoms with Gasteiger partial charge in [-0.05, 0) is 25.1 Å². The summed E-state index contributed by atoms with van der Waals surface area (Å²) >= 11 is 11.9. The average molecular weight is 400 g/mol. The minimum Gasteiger partial charge on any atom is -0.492 e. The molecule has 1 aromatic carbocycles. The van der Waals surface area contributed by atoms with Crippen LogP contribution in [0.15, 0.2) is 30.4 Å². The Morgan fingerprint density at radius 2 is 2.15 bits per heavy atom. The molecule has 0 aliphatic carbocycles. The molecule has 0 saturated carbocycles. The number of nitrogens with one attached hydrogen (secondary N) is 1. The summed E-state index contributed by atoms with van der Waals surface area (Å²) in [5.74, 6) is -1.58. The normalized spacial score (nSPS) is 11.0. The summed E-state index contributed by atoms with van der Waals surface area (Å²) in [5, 5.41) is 0.0354. The molecule has 2 aromatic rings. The highest BCUT2D eigenvalue weighted by Gasteiger charge is 2.21. The third-order valence-corrected chi connectivity index (χ3v) is 4.01. The first-order chi connectivity index (χ1) is 12.4. The number of nitrogens with two attached hydrogens (primary N) is 1. The van der Waals surface area contributed by atoms with E-state index in [9.17, 15) is 9.18 Å². The van der Waals surface area contributed by atoms with Gasteiger partial charge in [0.15, 0.2) is 17.3 Å². The third-order valence-electron chi connectivity index (χ3n) is 3.31. The van der Waals surface area contributed by atoms with E-state index in [4.69, 9.17) is 38.5 Å². The van der Waals surface area contributed by atoms with Gasteiger partial charge in [-0.25, -0.2) is 14.9 Å². The SMILES string of the molecule is C/C=C/CONC(=O)c1nc(-c2ccc(Cl)c(OC)c2F)cc(N)c1Cl. The molecule has 0 unspecified atom stereocenters. The van der Waals surface area contributed by atoms with Gasteiger partial charge in [-0.1, -0.05) is 35.4 Å². The number of hydrogen-bond donors (Lipinski definition) is 2. The maximum atomic E-state index is 14.6. The van der Waals surface area contributed by atoms with Crippen LogP contribution < -0.4 is 16.0 Å². The number of anilines is 1. The van der Waals surface area contributed by atoms with Gasteiger partial charge >= 0.3 is 0 Å². The first-order valence-electron chi connectivity index (χ1n) is 7.42. The minimum absolute atomic E-state index is 0.0542. The van der Waals surface area contributed by atoms with Gasteiger partial charge in [0.1, 0.15) is 0 Å². The van der Waals surface area contributed by atoms with Gasteiger partial charge in [0.2, 0.25) is 0 Å². The van der Waals surface area contributed by atoms with Crippen molar-refractivity contribution in [3.63, 3.8) is 0 Å². The zero-order valence-electron chi connectivity index (χ0n) is 14.0. The van der Waals surface area contributed by atoms with Crippen LogP contribution in [0.2, 0.25) is 10.0 Å². The number of allylic oxidation sites excluding steroid dienone is 1. The number of aromatic nitrogens is 1. The number of rotatable bonds is 6. The standard InChI is InChI=1S/C17H16Cl2FN3O3/c1-3-4-7-26-23-17(24)15-13(19)11(21)8-12(22-15)9-5-6-10(18)16(25-2)14(9)20/h3-6,8H,7H2,1-2H3,(H2,21,22)(H,23,24)/b4-3+. The van der Waals surface area contributed by atoms with Gasteiger partial charge in [-0.3, -0.25) is 9.63 Å². The number of nitrogen functional groups attached to an aromatic ring is 1. The number of ether oxygens (including phenoxy) is 1. The third kappa shape index (κ3) is 4.24. The first-order valence-corrected chi connectivity index (χ1v) is 8.18. The van der Waals surface area contributed by atoms with E-state index in [1.807, 2.05) is 6.92 Å². The van der Waals surface area contributed by atoms with Gasteiger partial charge in [0.05, 0.1) is 35.1 Å². The van der Waals surface area contributed by atoms with E-state index in [2.05, 4.69) is 10.5 Å². The summed E-state index contributed by atoms with van der Waals surface area (Å²) in [6.45, 7) is 1.97. The molecule has 26 heavy (non-hydrogen) atoms. The van der Waals surface area contributed by atoms with Gasteiger partial charge < -0.3 is 10.5 Å². The lowest BCUT2D eigenvalue weighted by Crippen LogP contribution is -2.25. The highest BCUT2D eigenvalue weighted by molar-refractivity contribution is 6.36. The summed E-state index contributed by atoms with van der Waals surface area (Å²) in [4.78, 5) is 21.3. The number of carbonyl (C=O) groups is 1. The summed E-state index contributed by atoms with van der Waals surface area (Å²) < 4.78 is 19.6. The maximum absolute atomic E-state index is 14.6. The summed E-state index contributed by atoms with van der Waals surface area (Å²) in [6, 6.07) is 4.21. The smallest absolute Gasteiger partial charge is 0.295 e. The summed E-state index contributed by atoms with van der Waals surface area (Å²) in [7, 11) is 1.29. The van der Waals surface area contributed by atoms with E-state index in [1.165, 1.54) is 25.3 Å². The summed E-state index contributed by atoms with van der Waals surface area (Å²) in [5.41, 5.74) is 8.04. The van der Waals surface area contributed by atoms with Crippen LogP contribution >= 0.6 is 23.2 Å². The zero-order chi connectivity index (χ0) is 19.3. The molecular formula is C17H16Cl2FN3O3. The predicted octanol–water partition coefficient (Wildman–Crippen LogP) is 4.02. The van der Waals surface area contributed by atoms with Crippen LogP contribution in [-0.4, -0.2) is 24.6 Å². The van der Waals surface area contributed by atoms with Crippen LogP contribution in [0, 0.1) is 5.82 Å². The van der Waals surface area contributed by atoms with Gasteiger partial charge in [0.25, 0.3) is 5.91 Å². The van der Waals surface area contributed by atoms with Gasteiger partial charge in [-0.15, -0.1) is 0 Å². The fourth-order valence-corrected chi connectivity index (χ4v) is 2.46. The van der Waals surface area contributed by atoms with E-state index in [0.29, 0.717) is 0 Å². The molecule has 0 fully saturated rings. The van der Waals surface area contributed by atoms with Crippen molar-refractivity contribution >= 4 is 34.8 Å². The molecule has 6 nitrogen and oxygen atoms in total. The predicted molar refractivity (Wildman–Crippen MR) is 98.8 cm³/mol. The van der Waals surface area contributed by atoms with E-state index >= 15 is 0 Å². The molecule has 9 heteroatoms. The van der Waals surface area contributed by atoms with Crippen molar-refractivity contribution in [1.82, 2.24) is 10.5 Å². The Kier molecular flexibility index (Phi) is 6.79. The number of hydrogen-bond acceptors (Lipinski definition) is 5. The van der Waals surface area contributed by atoms with Crippen LogP contribution in [0.1, 0.15) is 17.4 Å². The molecule has 1 heterocycles. The molecule has 0 bridgehead atoms. The molecule has 1 aromatic heterocycles. The van der Waals surface area contributed by atoms with Crippen LogP contribution in [0.4, 0.5) is 10.1 Å². The highest BCUT2D eigenvalue weighted by Crippen LogP contribution is 2.36. The second-order valence-corrected chi connectivity index (χ2v) is 5.80. The largest absolute Gasteiger partial charge is 0.492 e. The molecule has 3 N–H and O–H groups in total. The van der Waals surface area contributed by atoms with E-state index < -0.39 is 11.7 Å². The quantitative estimate of drug-likeness (QED) is 0.435. The maximum Gasteiger partial charge on any atom is 0.295 e. The first kappa shape index (κ1) is 20.0. The number of methoxy groups -OCH3 is 1. The second kappa shape index (κ2) is 8.84. The van der Waals surface area contributed by atoms with Crippen LogP contribution in [0.5, 0.6) is 5.75 Å². The Hall–Kier alpha value is -2.35. The molecule has 0 spiro atoms. The number of hydroxylamine groups is 1. The number of halogens is 3. The van der Waals surface area contributed by atoms with Crippen molar-refractivity contribution in [1.29, 1.82) is 0 Å². The lowest BCUT2D eigenvalue weighted by atomic mass is 10.1. The van der Waals surface area contributed by atoms with Crippen molar-refractivity contribution in [2.75, 3.05) is 19.5 Å². The molecular weight excluding hydrogens is 384 g/mol. The Bertz CT molecular complexity index is 860. The Morgan fingerprint density at radius 3 is 2.81 bits per heavy atom. The number of benzene rings is 1. The van der Waals surface area contributed by atoms with Gasteiger partial charge in [0, 0.05) is 5.56 Å². The lowest BCUT2D eigenvalue weighted by Gasteiger charge is -2.12. The Balaban J connectivity index is 2.44. The number of amides is 1. The Morgan fingerprint density at radius 1 is 1.42 bits per heavy atom. The topological polar surface area (TPSA) is 86.5 Å². The number of pyridine rings is 1. The second-order valence-electron chi connectivity index (χ2n) is 5.01. The highest BCUT2D eigenvalue weighted by atomic mass is 35.5. The number of nitrogens with zero attached hydrogens (tertiary/aromatic N) is 1. The Labute approximate surface area is 159 Å². The molecule has 0 aliphatic heterocycles. The zero-order valence-corrected chi connectivity index (χ0v) is 15.5. The van der Waals surface area contributed by atoms with Crippen molar-refractivity contribution in [3.05, 3.63) is 51.9 Å². The summed E-state index contributed by atoms with van der Waals surface area (Å²) in [6.07, 6.45) is 3.45. The van der Waals surface area contributed by atoms with E-state index in [-0.39, 0.29) is 45.0 Å². The van der Waals surface area contributed by atoms with Crippen LogP contribution in [0.25, 0.3) is 11.3 Å². The van der Waals surface area contributed by atoms with Crippen molar-refractivity contribution < 1.29 is 18.8 Å². The van der Waals surface area contributed by atoms with E-state index in [1.54, 1.807) is 12.2 Å². The van der Waals surface area contributed by atoms with E-state index in [0.717, 1.165) is 0 Å². The van der Waals surface area contributed by atoms with Crippen LogP contribution in [0.3, 0.4) is 0 Å². The van der Waals surface area contributed by atoms with Crippen molar-refractivity contribution in [2.45, 2.75) is 6.92 Å². The fraction of sp³-hybridized carbons (Fsp3) is 0.176. The van der Waals surface area contributed by atoms with Crippen molar-refractivity contribution in [2.24, 2.45) is 0 Å². The molecule has 2 rings (SSSR count). The molecule has 0 aliphatic rings. The number of carbonyl (C=O) groups excluding carboxylic acids is 1. The molecule has 0 saturated heterocycles. The lowest BCUT2D eigenvalue weighted by molar-refractivity contribution is 0.0416. The van der Waals surface area contributed by atoms with Crippen molar-refractivity contribution in [3.8, 4) is 17.0 Å². The van der Waals surface area contributed by atoms with Gasteiger partial charge in [-0.2, -0.15) is 0 Å². The molecule has 1 amide bonds. The van der Waals surface area contributed by atoms with Crippen LogP contribution in [-0.2, 0) is 4.84 Å². The fourth-order valence-electron chi connectivity index (χ4n) is 2.05. The monoisotopic (exact) mass is 399 g/mol. The molecule has 0 radical (unpaired) electrons. The molecule has 0 atom stereocenters. The average Bonchev–Trinajstić information content (AvgIpc) is 2.61. The molecule has 138 valence electrons.